The van der Waals surface area contributed by atoms with Gasteiger partial charge in [0.15, 0.2) is 0 Å². The third-order valence-corrected chi connectivity index (χ3v) is 4.56. The Labute approximate surface area is 128 Å². The van der Waals surface area contributed by atoms with Gasteiger partial charge >= 0.3 is 0 Å². The molecule has 2 amide bonds. The van der Waals surface area contributed by atoms with E-state index in [-0.39, 0.29) is 11.8 Å². The largest absolute Gasteiger partial charge is 0.339 e. The summed E-state index contributed by atoms with van der Waals surface area (Å²) in [4.78, 5) is 28.8. The summed E-state index contributed by atoms with van der Waals surface area (Å²) in [6, 6.07) is 3.94. The number of carbonyl (C=O) groups excluding carboxylic acids is 2. The minimum atomic E-state index is 0.149. The topological polar surface area (TPSA) is 40.6 Å². The zero-order valence-electron chi connectivity index (χ0n) is 11.4. The normalized spacial score (nSPS) is 15.4. The van der Waals surface area contributed by atoms with Crippen LogP contribution in [0.4, 0.5) is 0 Å². The summed E-state index contributed by atoms with van der Waals surface area (Å²) < 4.78 is 0. The molecule has 0 N–H and O–H groups in total. The second-order valence-electron chi connectivity index (χ2n) is 4.81. The van der Waals surface area contributed by atoms with Crippen molar-refractivity contribution >= 4 is 34.8 Å². The van der Waals surface area contributed by atoms with Crippen LogP contribution in [0.5, 0.6) is 0 Å². The van der Waals surface area contributed by atoms with Crippen molar-refractivity contribution < 1.29 is 9.59 Å². The van der Waals surface area contributed by atoms with Gasteiger partial charge in [-0.2, -0.15) is 0 Å². The number of amides is 2. The Morgan fingerprint density at radius 2 is 1.80 bits per heavy atom. The van der Waals surface area contributed by atoms with Gasteiger partial charge in [-0.1, -0.05) is 6.07 Å². The molecule has 1 aromatic rings. The maximum atomic E-state index is 12.1. The highest BCUT2D eigenvalue weighted by atomic mass is 35.5. The molecule has 1 aliphatic rings. The summed E-state index contributed by atoms with van der Waals surface area (Å²) >= 11 is 7.20. The molecule has 20 heavy (non-hydrogen) atoms. The van der Waals surface area contributed by atoms with Crippen molar-refractivity contribution in [1.29, 1.82) is 0 Å². The maximum Gasteiger partial charge on any atom is 0.227 e. The fourth-order valence-corrected chi connectivity index (χ4v) is 3.08. The van der Waals surface area contributed by atoms with Gasteiger partial charge in [-0.15, -0.1) is 22.9 Å². The maximum absolute atomic E-state index is 12.1. The van der Waals surface area contributed by atoms with Crippen LogP contribution in [0.1, 0.15) is 17.7 Å². The van der Waals surface area contributed by atoms with Crippen LogP contribution >= 0.6 is 22.9 Å². The highest BCUT2D eigenvalue weighted by Gasteiger charge is 2.23. The SMILES string of the molecule is O=C(CCCCl)N1CCN(C(=O)Cc2cccs2)CC1. The van der Waals surface area contributed by atoms with E-state index in [1.807, 2.05) is 27.3 Å². The van der Waals surface area contributed by atoms with Crippen molar-refractivity contribution in [2.24, 2.45) is 0 Å². The van der Waals surface area contributed by atoms with Gasteiger partial charge < -0.3 is 9.80 Å². The molecule has 6 heteroatoms. The lowest BCUT2D eigenvalue weighted by molar-refractivity contribution is -0.139. The van der Waals surface area contributed by atoms with Crippen molar-refractivity contribution in [3.63, 3.8) is 0 Å². The van der Waals surface area contributed by atoms with E-state index in [0.29, 0.717) is 44.9 Å². The first kappa shape index (κ1) is 15.3. The number of halogens is 1. The van der Waals surface area contributed by atoms with Gasteiger partial charge in [-0.05, 0) is 17.9 Å². The van der Waals surface area contributed by atoms with Crippen LogP contribution < -0.4 is 0 Å². The summed E-state index contributed by atoms with van der Waals surface area (Å²) in [6.45, 7) is 2.54. The quantitative estimate of drug-likeness (QED) is 0.780. The van der Waals surface area contributed by atoms with E-state index in [4.69, 9.17) is 11.6 Å². The summed E-state index contributed by atoms with van der Waals surface area (Å²) in [5.74, 6) is 0.821. The molecule has 2 rings (SSSR count). The monoisotopic (exact) mass is 314 g/mol. The second kappa shape index (κ2) is 7.64. The Morgan fingerprint density at radius 3 is 2.35 bits per heavy atom. The highest BCUT2D eigenvalue weighted by molar-refractivity contribution is 7.10. The molecule has 1 aromatic heterocycles. The van der Waals surface area contributed by atoms with Crippen LogP contribution in [0.3, 0.4) is 0 Å². The van der Waals surface area contributed by atoms with Crippen molar-refractivity contribution in [2.75, 3.05) is 32.1 Å². The summed E-state index contributed by atoms with van der Waals surface area (Å²) in [7, 11) is 0. The molecule has 0 unspecified atom stereocenters. The minimum absolute atomic E-state index is 0.149. The number of thiophene rings is 1. The van der Waals surface area contributed by atoms with Crippen molar-refractivity contribution in [2.45, 2.75) is 19.3 Å². The average molecular weight is 315 g/mol. The third kappa shape index (κ3) is 4.21. The molecule has 1 saturated heterocycles. The van der Waals surface area contributed by atoms with Crippen LogP contribution in [-0.4, -0.2) is 53.7 Å². The fourth-order valence-electron chi connectivity index (χ4n) is 2.26. The predicted molar refractivity (Wildman–Crippen MR) is 81.1 cm³/mol. The Morgan fingerprint density at radius 1 is 1.15 bits per heavy atom. The van der Waals surface area contributed by atoms with E-state index < -0.39 is 0 Å². The van der Waals surface area contributed by atoms with E-state index in [0.717, 1.165) is 11.3 Å². The number of alkyl halides is 1. The summed E-state index contributed by atoms with van der Waals surface area (Å²) in [6.07, 6.45) is 1.70. The molecule has 0 atom stereocenters. The van der Waals surface area contributed by atoms with E-state index >= 15 is 0 Å². The van der Waals surface area contributed by atoms with Gasteiger partial charge in [0.25, 0.3) is 0 Å². The van der Waals surface area contributed by atoms with Gasteiger partial charge in [-0.3, -0.25) is 9.59 Å². The molecule has 2 heterocycles. The van der Waals surface area contributed by atoms with Gasteiger partial charge in [0, 0.05) is 43.4 Å². The van der Waals surface area contributed by atoms with Gasteiger partial charge in [0.05, 0.1) is 6.42 Å². The molecular weight excluding hydrogens is 296 g/mol. The molecule has 0 spiro atoms. The first-order chi connectivity index (χ1) is 9.70. The lowest BCUT2D eigenvalue weighted by Crippen LogP contribution is -2.50. The standard InChI is InChI=1S/C14H19ClN2O2S/c15-5-1-4-13(18)16-6-8-17(9-7-16)14(19)11-12-3-2-10-20-12/h2-3,10H,1,4-9,11H2. The van der Waals surface area contributed by atoms with Crippen LogP contribution in [-0.2, 0) is 16.0 Å². The van der Waals surface area contributed by atoms with Crippen molar-refractivity contribution in [1.82, 2.24) is 9.80 Å². The molecule has 110 valence electrons. The summed E-state index contributed by atoms with van der Waals surface area (Å²) in [5.41, 5.74) is 0. The molecule has 0 radical (unpaired) electrons. The lowest BCUT2D eigenvalue weighted by atomic mass is 10.2. The molecule has 1 aliphatic heterocycles. The Balaban J connectivity index is 1.76. The van der Waals surface area contributed by atoms with Crippen molar-refractivity contribution in [3.8, 4) is 0 Å². The number of nitrogens with zero attached hydrogens (tertiary/aromatic N) is 2. The first-order valence-electron chi connectivity index (χ1n) is 6.84. The molecular formula is C14H19ClN2O2S. The zero-order chi connectivity index (χ0) is 14.4. The van der Waals surface area contributed by atoms with Crippen LogP contribution in [0.25, 0.3) is 0 Å². The molecule has 0 aromatic carbocycles. The lowest BCUT2D eigenvalue weighted by Gasteiger charge is -2.34. The number of piperazine rings is 1. The number of carbonyl (C=O) groups is 2. The van der Waals surface area contributed by atoms with E-state index in [9.17, 15) is 9.59 Å². The molecule has 0 saturated carbocycles. The molecule has 0 bridgehead atoms. The second-order valence-corrected chi connectivity index (χ2v) is 6.22. The zero-order valence-corrected chi connectivity index (χ0v) is 13.0. The van der Waals surface area contributed by atoms with Gasteiger partial charge in [0.1, 0.15) is 0 Å². The number of hydrogen-bond acceptors (Lipinski definition) is 3. The van der Waals surface area contributed by atoms with E-state index in [1.165, 1.54) is 0 Å². The smallest absolute Gasteiger partial charge is 0.227 e. The Hall–Kier alpha value is -1.07. The van der Waals surface area contributed by atoms with Crippen LogP contribution in [0.2, 0.25) is 0 Å². The number of hydrogen-bond donors (Lipinski definition) is 0. The van der Waals surface area contributed by atoms with Crippen LogP contribution in [0.15, 0.2) is 17.5 Å². The predicted octanol–water partition coefficient (Wildman–Crippen LogP) is 1.98. The Kier molecular flexibility index (Phi) is 5.86. The Bertz CT molecular complexity index is 442. The first-order valence-corrected chi connectivity index (χ1v) is 8.26. The molecule has 1 fully saturated rings. The third-order valence-electron chi connectivity index (χ3n) is 3.41. The van der Waals surface area contributed by atoms with Gasteiger partial charge in [0.2, 0.25) is 11.8 Å². The van der Waals surface area contributed by atoms with Crippen molar-refractivity contribution in [3.05, 3.63) is 22.4 Å². The van der Waals surface area contributed by atoms with Gasteiger partial charge in [-0.25, -0.2) is 0 Å². The fraction of sp³-hybridized carbons (Fsp3) is 0.571. The highest BCUT2D eigenvalue weighted by Crippen LogP contribution is 2.12. The van der Waals surface area contributed by atoms with E-state index in [2.05, 4.69) is 0 Å². The van der Waals surface area contributed by atoms with Crippen LogP contribution in [0, 0.1) is 0 Å². The minimum Gasteiger partial charge on any atom is -0.339 e. The molecule has 0 aliphatic carbocycles. The number of rotatable bonds is 5. The van der Waals surface area contributed by atoms with E-state index in [1.54, 1.807) is 11.3 Å². The molecule has 4 nitrogen and oxygen atoms in total. The average Bonchev–Trinajstić information content (AvgIpc) is 2.97. The summed E-state index contributed by atoms with van der Waals surface area (Å²) in [5, 5.41) is 1.98.